The van der Waals surface area contributed by atoms with E-state index in [2.05, 4.69) is 11.6 Å². The van der Waals surface area contributed by atoms with Crippen molar-refractivity contribution in [3.63, 3.8) is 0 Å². The van der Waals surface area contributed by atoms with Gasteiger partial charge in [0.25, 0.3) is 10.0 Å². The molecule has 5 heteroatoms. The summed E-state index contributed by atoms with van der Waals surface area (Å²) >= 11 is 0. The van der Waals surface area contributed by atoms with Gasteiger partial charge in [0.15, 0.2) is 0 Å². The Labute approximate surface area is 148 Å². The minimum atomic E-state index is -3.69. The molecule has 0 spiro atoms. The maximum atomic E-state index is 12.8. The molecule has 4 nitrogen and oxygen atoms in total. The van der Waals surface area contributed by atoms with Crippen LogP contribution in [0.2, 0.25) is 0 Å². The summed E-state index contributed by atoms with van der Waals surface area (Å²) in [5, 5.41) is 1.89. The molecule has 0 bridgehead atoms. The number of para-hydroxylation sites is 2. The number of unbranched alkanes of at least 4 members (excludes halogenated alkanes) is 1. The predicted octanol–water partition coefficient (Wildman–Crippen LogP) is 4.82. The van der Waals surface area contributed by atoms with E-state index >= 15 is 0 Å². The van der Waals surface area contributed by atoms with Gasteiger partial charge in [-0.2, -0.15) is 0 Å². The minimum absolute atomic E-state index is 0.231. The van der Waals surface area contributed by atoms with E-state index in [0.29, 0.717) is 18.0 Å². The summed E-state index contributed by atoms with van der Waals surface area (Å²) in [4.78, 5) is 0.231. The topological polar surface area (TPSA) is 55.4 Å². The van der Waals surface area contributed by atoms with Crippen LogP contribution in [0.5, 0.6) is 5.75 Å². The molecule has 130 valence electrons. The van der Waals surface area contributed by atoms with E-state index in [9.17, 15) is 8.42 Å². The Morgan fingerprint density at radius 2 is 1.64 bits per heavy atom. The highest BCUT2D eigenvalue weighted by Crippen LogP contribution is 2.28. The first-order chi connectivity index (χ1) is 12.1. The van der Waals surface area contributed by atoms with Crippen molar-refractivity contribution in [1.82, 2.24) is 0 Å². The molecule has 0 amide bonds. The zero-order chi connectivity index (χ0) is 17.7. The van der Waals surface area contributed by atoms with Crippen LogP contribution in [-0.4, -0.2) is 15.0 Å². The molecule has 0 saturated heterocycles. The van der Waals surface area contributed by atoms with Crippen molar-refractivity contribution in [3.8, 4) is 5.75 Å². The van der Waals surface area contributed by atoms with Crippen molar-refractivity contribution in [2.45, 2.75) is 24.7 Å². The van der Waals surface area contributed by atoms with Crippen LogP contribution in [-0.2, 0) is 10.0 Å². The van der Waals surface area contributed by atoms with Gasteiger partial charge in [0, 0.05) is 0 Å². The van der Waals surface area contributed by atoms with Gasteiger partial charge in [0.05, 0.1) is 17.2 Å². The smallest absolute Gasteiger partial charge is 0.262 e. The van der Waals surface area contributed by atoms with Crippen LogP contribution in [0.1, 0.15) is 19.8 Å². The number of sulfonamides is 1. The molecule has 0 saturated carbocycles. The summed E-state index contributed by atoms with van der Waals surface area (Å²) in [5.41, 5.74) is 0.451. The van der Waals surface area contributed by atoms with Gasteiger partial charge in [-0.05, 0) is 41.5 Å². The molecule has 1 N–H and O–H groups in total. The number of rotatable bonds is 7. The van der Waals surface area contributed by atoms with Gasteiger partial charge in [-0.1, -0.05) is 55.8 Å². The van der Waals surface area contributed by atoms with E-state index in [1.54, 1.807) is 30.3 Å². The third-order valence-corrected chi connectivity index (χ3v) is 5.28. The Bertz CT molecular complexity index is 967. The molecule has 0 heterocycles. The molecule has 3 rings (SSSR count). The van der Waals surface area contributed by atoms with E-state index in [1.807, 2.05) is 36.4 Å². The van der Waals surface area contributed by atoms with Gasteiger partial charge < -0.3 is 4.74 Å². The predicted molar refractivity (Wildman–Crippen MR) is 102 cm³/mol. The highest BCUT2D eigenvalue weighted by atomic mass is 32.2. The van der Waals surface area contributed by atoms with Gasteiger partial charge in [0.2, 0.25) is 0 Å². The maximum absolute atomic E-state index is 12.8. The van der Waals surface area contributed by atoms with Crippen molar-refractivity contribution < 1.29 is 13.2 Å². The Morgan fingerprint density at radius 1 is 0.920 bits per heavy atom. The number of hydrogen-bond acceptors (Lipinski definition) is 3. The number of benzene rings is 3. The molecule has 0 radical (unpaired) electrons. The van der Waals surface area contributed by atoms with Gasteiger partial charge >= 0.3 is 0 Å². The van der Waals surface area contributed by atoms with Crippen molar-refractivity contribution in [2.75, 3.05) is 11.3 Å². The van der Waals surface area contributed by atoms with Crippen LogP contribution in [0.15, 0.2) is 71.6 Å². The molecule has 0 aliphatic heterocycles. The van der Waals surface area contributed by atoms with E-state index in [1.165, 1.54) is 0 Å². The van der Waals surface area contributed by atoms with Crippen molar-refractivity contribution in [2.24, 2.45) is 0 Å². The van der Waals surface area contributed by atoms with Crippen LogP contribution < -0.4 is 9.46 Å². The Balaban J connectivity index is 1.88. The number of ether oxygens (including phenoxy) is 1. The number of anilines is 1. The van der Waals surface area contributed by atoms with Crippen molar-refractivity contribution in [1.29, 1.82) is 0 Å². The van der Waals surface area contributed by atoms with Crippen LogP contribution in [0, 0.1) is 0 Å². The molecule has 0 atom stereocenters. The van der Waals surface area contributed by atoms with E-state index < -0.39 is 10.0 Å². The summed E-state index contributed by atoms with van der Waals surface area (Å²) in [6, 6.07) is 19.9. The van der Waals surface area contributed by atoms with E-state index in [0.717, 1.165) is 23.6 Å². The molecular formula is C20H21NO3S. The van der Waals surface area contributed by atoms with Crippen molar-refractivity contribution >= 4 is 26.5 Å². The molecule has 0 aliphatic rings. The second kappa shape index (κ2) is 7.57. The van der Waals surface area contributed by atoms with Crippen LogP contribution in [0.3, 0.4) is 0 Å². The lowest BCUT2D eigenvalue weighted by atomic mass is 10.1. The Morgan fingerprint density at radius 3 is 2.44 bits per heavy atom. The first-order valence-electron chi connectivity index (χ1n) is 8.33. The number of fused-ring (bicyclic) bond motifs is 1. The standard InChI is InChI=1S/C20H21NO3S/c1-2-3-14-24-20-11-7-6-10-19(20)21-25(22,23)18-13-12-16-8-4-5-9-17(16)15-18/h4-13,15,21H,2-3,14H2,1H3. The second-order valence-electron chi connectivity index (χ2n) is 5.81. The highest BCUT2D eigenvalue weighted by molar-refractivity contribution is 7.92. The third-order valence-electron chi connectivity index (χ3n) is 3.92. The molecular weight excluding hydrogens is 334 g/mol. The quantitative estimate of drug-likeness (QED) is 0.618. The molecule has 25 heavy (non-hydrogen) atoms. The minimum Gasteiger partial charge on any atom is -0.491 e. The lowest BCUT2D eigenvalue weighted by Crippen LogP contribution is -2.14. The van der Waals surface area contributed by atoms with Crippen LogP contribution in [0.25, 0.3) is 10.8 Å². The Hall–Kier alpha value is -2.53. The maximum Gasteiger partial charge on any atom is 0.262 e. The fraction of sp³-hybridized carbons (Fsp3) is 0.200. The summed E-state index contributed by atoms with van der Waals surface area (Å²) in [6.07, 6.45) is 1.94. The number of nitrogens with one attached hydrogen (secondary N) is 1. The zero-order valence-corrected chi connectivity index (χ0v) is 14.9. The summed E-state index contributed by atoms with van der Waals surface area (Å²) in [6.45, 7) is 2.64. The van der Waals surface area contributed by atoms with E-state index in [4.69, 9.17) is 4.74 Å². The first-order valence-corrected chi connectivity index (χ1v) is 9.82. The normalized spacial score (nSPS) is 11.4. The molecule has 0 unspecified atom stereocenters. The van der Waals surface area contributed by atoms with Gasteiger partial charge in [-0.25, -0.2) is 8.42 Å². The highest BCUT2D eigenvalue weighted by Gasteiger charge is 2.17. The average molecular weight is 355 g/mol. The van der Waals surface area contributed by atoms with E-state index in [-0.39, 0.29) is 4.90 Å². The molecule has 0 aliphatic carbocycles. The summed E-state index contributed by atoms with van der Waals surface area (Å²) in [7, 11) is -3.69. The van der Waals surface area contributed by atoms with Crippen LogP contribution in [0.4, 0.5) is 5.69 Å². The Kier molecular flexibility index (Phi) is 5.24. The lowest BCUT2D eigenvalue weighted by Gasteiger charge is -2.13. The number of hydrogen-bond donors (Lipinski definition) is 1. The van der Waals surface area contributed by atoms with Gasteiger partial charge in [-0.3, -0.25) is 4.72 Å². The summed E-state index contributed by atoms with van der Waals surface area (Å²) < 4.78 is 33.9. The fourth-order valence-corrected chi connectivity index (χ4v) is 3.65. The van der Waals surface area contributed by atoms with Gasteiger partial charge in [0.1, 0.15) is 5.75 Å². The molecule has 3 aromatic carbocycles. The zero-order valence-electron chi connectivity index (χ0n) is 14.1. The lowest BCUT2D eigenvalue weighted by molar-refractivity contribution is 0.311. The van der Waals surface area contributed by atoms with Crippen LogP contribution >= 0.6 is 0 Å². The molecule has 3 aromatic rings. The fourth-order valence-electron chi connectivity index (χ4n) is 2.54. The van der Waals surface area contributed by atoms with Gasteiger partial charge in [-0.15, -0.1) is 0 Å². The first kappa shape index (κ1) is 17.3. The summed E-state index contributed by atoms with van der Waals surface area (Å²) in [5.74, 6) is 0.542. The third kappa shape index (κ3) is 4.12. The second-order valence-corrected chi connectivity index (χ2v) is 7.50. The molecule has 0 fully saturated rings. The monoisotopic (exact) mass is 355 g/mol. The molecule has 0 aromatic heterocycles. The van der Waals surface area contributed by atoms with Crippen molar-refractivity contribution in [3.05, 3.63) is 66.7 Å². The SMILES string of the molecule is CCCCOc1ccccc1NS(=O)(=O)c1ccc2ccccc2c1. The largest absolute Gasteiger partial charge is 0.491 e. The average Bonchev–Trinajstić information content (AvgIpc) is 2.62.